The van der Waals surface area contributed by atoms with Crippen molar-refractivity contribution in [3.05, 3.63) is 33.2 Å². The molecule has 6 heteroatoms. The molecule has 1 N–H and O–H groups in total. The Morgan fingerprint density at radius 1 is 1.26 bits per heavy atom. The summed E-state index contributed by atoms with van der Waals surface area (Å²) in [7, 11) is 3.20. The number of nitrogens with zero attached hydrogens (tertiary/aromatic N) is 1. The van der Waals surface area contributed by atoms with Crippen molar-refractivity contribution >= 4 is 28.6 Å². The first-order valence-corrected chi connectivity index (χ1v) is 6.95. The number of methoxy groups -OCH3 is 2. The number of aromatic nitrogens is 1. The van der Waals surface area contributed by atoms with Crippen molar-refractivity contribution in [3.8, 4) is 11.5 Å². The number of benzene rings is 1. The molecule has 0 spiro atoms. The van der Waals surface area contributed by atoms with Crippen LogP contribution >= 0.6 is 22.9 Å². The maximum absolute atomic E-state index is 6.06. The van der Waals surface area contributed by atoms with Gasteiger partial charge in [-0.1, -0.05) is 11.6 Å². The Balaban J connectivity index is 2.21. The van der Waals surface area contributed by atoms with E-state index >= 15 is 0 Å². The monoisotopic (exact) mass is 298 g/mol. The second-order valence-electron chi connectivity index (χ2n) is 3.90. The summed E-state index contributed by atoms with van der Waals surface area (Å²) in [4.78, 5) is 5.41. The molecule has 0 fully saturated rings. The molecule has 1 aromatic carbocycles. The lowest BCUT2D eigenvalue weighted by atomic mass is 10.2. The van der Waals surface area contributed by atoms with Gasteiger partial charge in [-0.2, -0.15) is 0 Å². The second-order valence-corrected chi connectivity index (χ2v) is 5.25. The van der Waals surface area contributed by atoms with E-state index in [9.17, 15) is 0 Å². The van der Waals surface area contributed by atoms with Gasteiger partial charge in [0.1, 0.15) is 11.5 Å². The molecule has 0 bridgehead atoms. The average molecular weight is 299 g/mol. The molecular weight excluding hydrogens is 284 g/mol. The van der Waals surface area contributed by atoms with Gasteiger partial charge in [-0.25, -0.2) is 4.98 Å². The third-order valence-electron chi connectivity index (χ3n) is 2.76. The Labute approximate surface area is 121 Å². The third kappa shape index (κ3) is 3.11. The zero-order chi connectivity index (χ0) is 13.8. The number of hydrogen-bond donors (Lipinski definition) is 1. The van der Waals surface area contributed by atoms with Crippen molar-refractivity contribution in [2.75, 3.05) is 19.5 Å². The van der Waals surface area contributed by atoms with E-state index in [1.807, 2.05) is 18.5 Å². The Hall–Kier alpha value is -1.46. The summed E-state index contributed by atoms with van der Waals surface area (Å²) in [5, 5.41) is 3.84. The zero-order valence-corrected chi connectivity index (χ0v) is 12.6. The van der Waals surface area contributed by atoms with E-state index in [0.717, 1.165) is 11.4 Å². The number of halogens is 1. The molecular formula is C13H15ClN2O2S. The first-order valence-electron chi connectivity index (χ1n) is 5.70. The smallest absolute Gasteiger partial charge is 0.143 e. The van der Waals surface area contributed by atoms with Crippen molar-refractivity contribution in [1.29, 1.82) is 0 Å². The van der Waals surface area contributed by atoms with E-state index in [1.165, 1.54) is 4.88 Å². The van der Waals surface area contributed by atoms with Crippen LogP contribution in [0.5, 0.6) is 11.5 Å². The molecule has 0 aliphatic heterocycles. The maximum atomic E-state index is 6.06. The normalized spacial score (nSPS) is 10.3. The summed E-state index contributed by atoms with van der Waals surface area (Å²) in [5.41, 5.74) is 3.72. The van der Waals surface area contributed by atoms with E-state index in [4.69, 9.17) is 21.1 Å². The third-order valence-corrected chi connectivity index (χ3v) is 3.99. The van der Waals surface area contributed by atoms with Crippen LogP contribution in [0, 0.1) is 6.92 Å². The summed E-state index contributed by atoms with van der Waals surface area (Å²) in [6.07, 6.45) is 0. The van der Waals surface area contributed by atoms with Gasteiger partial charge in [-0.15, -0.1) is 11.3 Å². The molecule has 0 aliphatic rings. The van der Waals surface area contributed by atoms with Crippen LogP contribution in [0.15, 0.2) is 17.6 Å². The van der Waals surface area contributed by atoms with Gasteiger partial charge in [0, 0.05) is 17.0 Å². The fourth-order valence-electron chi connectivity index (χ4n) is 1.67. The van der Waals surface area contributed by atoms with Gasteiger partial charge in [0.05, 0.1) is 42.7 Å². The molecule has 2 rings (SSSR count). The van der Waals surface area contributed by atoms with E-state index < -0.39 is 0 Å². The average Bonchev–Trinajstić information content (AvgIpc) is 2.82. The summed E-state index contributed by atoms with van der Waals surface area (Å²) in [6, 6.07) is 3.57. The standard InChI is InChI=1S/C13H15ClN2O2S/c1-8-13(19-7-16-8)6-15-10-5-11(17-2)9(14)4-12(10)18-3/h4-5,7,15H,6H2,1-3H3. The molecule has 0 aliphatic carbocycles. The first-order chi connectivity index (χ1) is 9.15. The van der Waals surface area contributed by atoms with Crippen molar-refractivity contribution in [2.24, 2.45) is 0 Å². The fraction of sp³-hybridized carbons (Fsp3) is 0.308. The molecule has 2 aromatic rings. The van der Waals surface area contributed by atoms with Crippen LogP contribution in [0.25, 0.3) is 0 Å². The van der Waals surface area contributed by atoms with Gasteiger partial charge in [-0.05, 0) is 6.92 Å². The Bertz CT molecular complexity index is 572. The molecule has 1 heterocycles. The van der Waals surface area contributed by atoms with Crippen LogP contribution in [0.4, 0.5) is 5.69 Å². The lowest BCUT2D eigenvalue weighted by molar-refractivity contribution is 0.404. The van der Waals surface area contributed by atoms with Gasteiger partial charge in [-0.3, -0.25) is 0 Å². The number of anilines is 1. The van der Waals surface area contributed by atoms with E-state index in [0.29, 0.717) is 23.1 Å². The van der Waals surface area contributed by atoms with Gasteiger partial charge in [0.25, 0.3) is 0 Å². The maximum Gasteiger partial charge on any atom is 0.143 e. The minimum absolute atomic E-state index is 0.527. The van der Waals surface area contributed by atoms with Crippen LogP contribution in [0.2, 0.25) is 5.02 Å². The highest BCUT2D eigenvalue weighted by Gasteiger charge is 2.10. The van der Waals surface area contributed by atoms with Crippen LogP contribution in [-0.2, 0) is 6.54 Å². The van der Waals surface area contributed by atoms with E-state index in [1.54, 1.807) is 31.6 Å². The quantitative estimate of drug-likeness (QED) is 0.913. The predicted octanol–water partition coefficient (Wildman–Crippen LogP) is 3.73. The number of aryl methyl sites for hydroxylation is 1. The molecule has 0 amide bonds. The SMILES string of the molecule is COc1cc(NCc2scnc2C)c(OC)cc1Cl. The molecule has 0 saturated heterocycles. The van der Waals surface area contributed by atoms with Crippen LogP contribution < -0.4 is 14.8 Å². The zero-order valence-electron chi connectivity index (χ0n) is 11.0. The van der Waals surface area contributed by atoms with Crippen LogP contribution in [-0.4, -0.2) is 19.2 Å². The van der Waals surface area contributed by atoms with Crippen LogP contribution in [0.3, 0.4) is 0 Å². The minimum Gasteiger partial charge on any atom is -0.495 e. The number of hydrogen-bond acceptors (Lipinski definition) is 5. The minimum atomic E-state index is 0.527. The fourth-order valence-corrected chi connectivity index (χ4v) is 2.62. The molecule has 1 aromatic heterocycles. The first kappa shape index (κ1) is 14.0. The largest absolute Gasteiger partial charge is 0.495 e. The summed E-state index contributed by atoms with van der Waals surface area (Å²) in [6.45, 7) is 2.69. The topological polar surface area (TPSA) is 43.4 Å². The number of rotatable bonds is 5. The Morgan fingerprint density at radius 3 is 2.58 bits per heavy atom. The van der Waals surface area contributed by atoms with Crippen molar-refractivity contribution in [1.82, 2.24) is 4.98 Å². The van der Waals surface area contributed by atoms with E-state index in [2.05, 4.69) is 10.3 Å². The molecule has 0 unspecified atom stereocenters. The molecule has 0 atom stereocenters. The molecule has 0 radical (unpaired) electrons. The Kier molecular flexibility index (Phi) is 4.50. The summed E-state index contributed by atoms with van der Waals surface area (Å²) < 4.78 is 10.5. The van der Waals surface area contributed by atoms with Gasteiger partial charge in [0.2, 0.25) is 0 Å². The van der Waals surface area contributed by atoms with Crippen molar-refractivity contribution in [2.45, 2.75) is 13.5 Å². The molecule has 0 saturated carbocycles. The highest BCUT2D eigenvalue weighted by Crippen LogP contribution is 2.36. The second kappa shape index (κ2) is 6.12. The highest BCUT2D eigenvalue weighted by molar-refractivity contribution is 7.09. The summed E-state index contributed by atoms with van der Waals surface area (Å²) in [5.74, 6) is 1.30. The number of nitrogens with one attached hydrogen (secondary N) is 1. The summed E-state index contributed by atoms with van der Waals surface area (Å²) >= 11 is 7.69. The lowest BCUT2D eigenvalue weighted by Gasteiger charge is -2.13. The highest BCUT2D eigenvalue weighted by atomic mass is 35.5. The number of thiazole rings is 1. The number of ether oxygens (including phenoxy) is 2. The Morgan fingerprint density at radius 2 is 2.00 bits per heavy atom. The van der Waals surface area contributed by atoms with Crippen molar-refractivity contribution < 1.29 is 9.47 Å². The van der Waals surface area contributed by atoms with Crippen LogP contribution in [0.1, 0.15) is 10.6 Å². The van der Waals surface area contributed by atoms with Gasteiger partial charge >= 0.3 is 0 Å². The molecule has 4 nitrogen and oxygen atoms in total. The van der Waals surface area contributed by atoms with E-state index in [-0.39, 0.29) is 0 Å². The van der Waals surface area contributed by atoms with Gasteiger partial charge in [0.15, 0.2) is 0 Å². The molecule has 19 heavy (non-hydrogen) atoms. The van der Waals surface area contributed by atoms with Gasteiger partial charge < -0.3 is 14.8 Å². The lowest BCUT2D eigenvalue weighted by Crippen LogP contribution is -2.02. The predicted molar refractivity (Wildman–Crippen MR) is 78.7 cm³/mol. The van der Waals surface area contributed by atoms with Crippen molar-refractivity contribution in [3.63, 3.8) is 0 Å². The molecule has 102 valence electrons.